The summed E-state index contributed by atoms with van der Waals surface area (Å²) in [6.07, 6.45) is 3.44. The third-order valence-electron chi connectivity index (χ3n) is 4.54. The topological polar surface area (TPSA) is 47.0 Å². The summed E-state index contributed by atoms with van der Waals surface area (Å²) in [4.78, 5) is 16.3. The second-order valence-corrected chi connectivity index (χ2v) is 5.97. The zero-order valence-electron chi connectivity index (χ0n) is 12.5. The number of Topliss-reactive ketones (excluding diaryl/α,β-unsaturated/α-hetero) is 1. The first-order valence-corrected chi connectivity index (χ1v) is 7.61. The van der Waals surface area contributed by atoms with Crippen LogP contribution in [0.15, 0.2) is 60.4 Å². The fourth-order valence-electron chi connectivity index (χ4n) is 3.50. The molecule has 1 unspecified atom stereocenters. The van der Waals surface area contributed by atoms with E-state index in [0.717, 1.165) is 22.5 Å². The van der Waals surface area contributed by atoms with Crippen LogP contribution in [0.2, 0.25) is 0 Å². The molecular weight excluding hydrogens is 288 g/mol. The van der Waals surface area contributed by atoms with Crippen molar-refractivity contribution in [3.63, 3.8) is 0 Å². The van der Waals surface area contributed by atoms with Crippen molar-refractivity contribution < 1.29 is 9.53 Å². The Balaban J connectivity index is 1.80. The molecule has 4 heterocycles. The lowest BCUT2D eigenvalue weighted by molar-refractivity contribution is 0.0912. The van der Waals surface area contributed by atoms with Gasteiger partial charge in [-0.3, -0.25) is 4.79 Å². The fourth-order valence-corrected chi connectivity index (χ4v) is 3.50. The zero-order valence-corrected chi connectivity index (χ0v) is 12.5. The summed E-state index contributed by atoms with van der Waals surface area (Å²) in [5, 5.41) is 0. The Bertz CT molecular complexity index is 977. The first-order chi connectivity index (χ1) is 11.2. The number of benzene rings is 1. The molecule has 0 spiro atoms. The molecule has 3 aromatic rings. The van der Waals surface area contributed by atoms with Gasteiger partial charge in [0.1, 0.15) is 5.75 Å². The molecule has 0 amide bonds. The molecule has 0 radical (unpaired) electrons. The maximum atomic E-state index is 13.1. The highest BCUT2D eigenvalue weighted by atomic mass is 16.5. The largest absolute Gasteiger partial charge is 0.465 e. The Morgan fingerprint density at radius 1 is 1.17 bits per heavy atom. The Labute approximate surface area is 133 Å². The van der Waals surface area contributed by atoms with E-state index in [1.165, 1.54) is 0 Å². The van der Waals surface area contributed by atoms with Crippen LogP contribution in [0.5, 0.6) is 5.75 Å². The lowest BCUT2D eigenvalue weighted by Crippen LogP contribution is -2.25. The molecule has 112 valence electrons. The van der Waals surface area contributed by atoms with Crippen molar-refractivity contribution in [1.82, 2.24) is 9.55 Å². The number of aromatic amines is 1. The number of hydrogen-bond donors (Lipinski definition) is 1. The second kappa shape index (κ2) is 4.26. The normalized spacial score (nSPS) is 18.5. The minimum absolute atomic E-state index is 0.0459. The number of ketones is 1. The molecule has 1 aromatic carbocycles. The summed E-state index contributed by atoms with van der Waals surface area (Å²) < 4.78 is 8.21. The smallest absolute Gasteiger partial charge is 0.207 e. The Hall–Kier alpha value is -3.01. The van der Waals surface area contributed by atoms with Crippen LogP contribution in [-0.4, -0.2) is 15.3 Å². The highest BCUT2D eigenvalue weighted by Gasteiger charge is 2.41. The van der Waals surface area contributed by atoms with Crippen LogP contribution in [0.1, 0.15) is 33.5 Å². The van der Waals surface area contributed by atoms with Gasteiger partial charge in [-0.2, -0.15) is 0 Å². The van der Waals surface area contributed by atoms with Crippen molar-refractivity contribution in [2.24, 2.45) is 0 Å². The van der Waals surface area contributed by atoms with E-state index >= 15 is 0 Å². The number of H-pyrrole nitrogens is 1. The number of nitrogens with zero attached hydrogens (tertiary/aromatic N) is 1. The standard InChI is InChI=1S/C19H14N2O2/c1-11-6-7-12-15(10-11)23-19-17(18(12)22)16(13-4-2-8-20-13)14-5-3-9-21(14)19/h2-10,19-20H,1H3. The van der Waals surface area contributed by atoms with Crippen LogP contribution in [0.4, 0.5) is 0 Å². The average molecular weight is 302 g/mol. The summed E-state index contributed by atoms with van der Waals surface area (Å²) in [6, 6.07) is 13.7. The first-order valence-electron chi connectivity index (χ1n) is 7.61. The molecule has 4 heteroatoms. The predicted octanol–water partition coefficient (Wildman–Crippen LogP) is 3.71. The Morgan fingerprint density at radius 2 is 2.09 bits per heavy atom. The van der Waals surface area contributed by atoms with Gasteiger partial charge in [0.2, 0.25) is 6.23 Å². The fraction of sp³-hybridized carbons (Fsp3) is 0.105. The van der Waals surface area contributed by atoms with E-state index in [1.54, 1.807) is 0 Å². The summed E-state index contributed by atoms with van der Waals surface area (Å²) in [6.45, 7) is 2.00. The number of hydrogen-bond acceptors (Lipinski definition) is 2. The van der Waals surface area contributed by atoms with Gasteiger partial charge >= 0.3 is 0 Å². The van der Waals surface area contributed by atoms with E-state index in [1.807, 2.05) is 66.3 Å². The number of aromatic nitrogens is 2. The molecule has 0 saturated carbocycles. The number of fused-ring (bicyclic) bond motifs is 4. The van der Waals surface area contributed by atoms with Crippen LogP contribution < -0.4 is 4.74 Å². The number of ether oxygens (including phenoxy) is 1. The van der Waals surface area contributed by atoms with Crippen LogP contribution in [-0.2, 0) is 0 Å². The lowest BCUT2D eigenvalue weighted by Gasteiger charge is -2.26. The number of carbonyl (C=O) groups excluding carboxylic acids is 1. The average Bonchev–Trinajstić information content (AvgIpc) is 3.24. The highest BCUT2D eigenvalue weighted by molar-refractivity contribution is 6.18. The molecule has 2 aromatic heterocycles. The van der Waals surface area contributed by atoms with Gasteiger partial charge in [-0.25, -0.2) is 0 Å². The van der Waals surface area contributed by atoms with Gasteiger partial charge in [-0.15, -0.1) is 0 Å². The van der Waals surface area contributed by atoms with Gasteiger partial charge in [-0.1, -0.05) is 6.07 Å². The van der Waals surface area contributed by atoms with E-state index in [9.17, 15) is 4.79 Å². The van der Waals surface area contributed by atoms with Gasteiger partial charge in [0.15, 0.2) is 5.78 Å². The molecule has 1 atom stereocenters. The molecule has 5 rings (SSSR count). The molecule has 0 bridgehead atoms. The monoisotopic (exact) mass is 302 g/mol. The molecule has 2 aliphatic rings. The maximum Gasteiger partial charge on any atom is 0.207 e. The van der Waals surface area contributed by atoms with Crippen LogP contribution in [0.3, 0.4) is 0 Å². The lowest BCUT2D eigenvalue weighted by atomic mass is 9.93. The Morgan fingerprint density at radius 3 is 2.91 bits per heavy atom. The van der Waals surface area contributed by atoms with Crippen molar-refractivity contribution in [2.75, 3.05) is 0 Å². The summed E-state index contributed by atoms with van der Waals surface area (Å²) in [7, 11) is 0. The van der Waals surface area contributed by atoms with Crippen molar-refractivity contribution in [1.29, 1.82) is 0 Å². The van der Waals surface area contributed by atoms with Gasteiger partial charge < -0.3 is 14.3 Å². The van der Waals surface area contributed by atoms with E-state index in [4.69, 9.17) is 4.74 Å². The molecule has 2 aliphatic heterocycles. The van der Waals surface area contributed by atoms with E-state index in [2.05, 4.69) is 4.98 Å². The molecule has 0 aliphatic carbocycles. The minimum atomic E-state index is -0.389. The van der Waals surface area contributed by atoms with Gasteiger partial charge in [0.25, 0.3) is 0 Å². The molecule has 4 nitrogen and oxygen atoms in total. The minimum Gasteiger partial charge on any atom is -0.465 e. The highest BCUT2D eigenvalue weighted by Crippen LogP contribution is 2.46. The maximum absolute atomic E-state index is 13.1. The number of rotatable bonds is 1. The Kier molecular flexibility index (Phi) is 2.32. The first kappa shape index (κ1) is 12.5. The summed E-state index contributed by atoms with van der Waals surface area (Å²) in [5.74, 6) is 0.709. The summed E-state index contributed by atoms with van der Waals surface area (Å²) in [5.41, 5.74) is 5.30. The van der Waals surface area contributed by atoms with Crippen molar-refractivity contribution in [3.05, 3.63) is 82.9 Å². The summed E-state index contributed by atoms with van der Waals surface area (Å²) >= 11 is 0. The number of aryl methyl sites for hydroxylation is 1. The van der Waals surface area contributed by atoms with Crippen LogP contribution in [0.25, 0.3) is 5.57 Å². The molecule has 1 N–H and O–H groups in total. The zero-order chi connectivity index (χ0) is 15.6. The van der Waals surface area contributed by atoms with E-state index in [-0.39, 0.29) is 12.0 Å². The molecule has 23 heavy (non-hydrogen) atoms. The van der Waals surface area contributed by atoms with Crippen molar-refractivity contribution in [2.45, 2.75) is 13.2 Å². The van der Waals surface area contributed by atoms with Gasteiger partial charge in [-0.05, 0) is 48.9 Å². The van der Waals surface area contributed by atoms with Gasteiger partial charge in [0.05, 0.1) is 16.8 Å². The quantitative estimate of drug-likeness (QED) is 0.745. The molecule has 0 fully saturated rings. The SMILES string of the molecule is Cc1ccc2c(c1)OC1C(=C(c3ccc[nH]3)c3cccn31)C2=O. The molecular formula is C19H14N2O2. The van der Waals surface area contributed by atoms with Gasteiger partial charge in [0, 0.05) is 23.7 Å². The predicted molar refractivity (Wildman–Crippen MR) is 86.4 cm³/mol. The van der Waals surface area contributed by atoms with Crippen molar-refractivity contribution >= 4 is 11.4 Å². The van der Waals surface area contributed by atoms with E-state index < -0.39 is 0 Å². The van der Waals surface area contributed by atoms with E-state index in [0.29, 0.717) is 16.9 Å². The number of carbonyl (C=O) groups is 1. The second-order valence-electron chi connectivity index (χ2n) is 5.97. The number of nitrogens with one attached hydrogen (secondary N) is 1. The third kappa shape index (κ3) is 1.58. The van der Waals surface area contributed by atoms with Crippen LogP contribution >= 0.6 is 0 Å². The van der Waals surface area contributed by atoms with Crippen molar-refractivity contribution in [3.8, 4) is 5.75 Å². The third-order valence-corrected chi connectivity index (χ3v) is 4.54. The van der Waals surface area contributed by atoms with Crippen LogP contribution in [0, 0.1) is 6.92 Å². The molecule has 0 saturated heterocycles.